The third-order valence-corrected chi connectivity index (χ3v) is 3.16. The quantitative estimate of drug-likeness (QED) is 0.833. The summed E-state index contributed by atoms with van der Waals surface area (Å²) in [5.74, 6) is -0.215. The summed E-state index contributed by atoms with van der Waals surface area (Å²) in [5, 5.41) is 17.5. The largest absolute Gasteiger partial charge is 0.350 e. The van der Waals surface area contributed by atoms with E-state index in [1.54, 1.807) is 18.2 Å². The van der Waals surface area contributed by atoms with Gasteiger partial charge in [0.2, 0.25) is 0 Å². The van der Waals surface area contributed by atoms with Crippen molar-refractivity contribution in [1.29, 1.82) is 0 Å². The Balaban J connectivity index is 2.18. The highest BCUT2D eigenvalue weighted by atomic mass is 35.5. The number of hydrogen-bond acceptors (Lipinski definition) is 5. The topological polar surface area (TPSA) is 84.7 Å². The molecule has 0 aliphatic heterocycles. The summed E-state index contributed by atoms with van der Waals surface area (Å²) in [7, 11) is 0. The summed E-state index contributed by atoms with van der Waals surface area (Å²) in [5.41, 5.74) is 1.01. The van der Waals surface area contributed by atoms with Gasteiger partial charge in [-0.25, -0.2) is 0 Å². The lowest BCUT2D eigenvalue weighted by molar-refractivity contribution is 0.0950. The van der Waals surface area contributed by atoms with E-state index in [2.05, 4.69) is 26.2 Å². The first-order chi connectivity index (χ1) is 10.1. The molecule has 1 aromatic carbocycles. The second-order valence-corrected chi connectivity index (χ2v) is 5.02. The molecule has 0 spiro atoms. The highest BCUT2D eigenvalue weighted by molar-refractivity contribution is 6.31. The number of rotatable bonds is 6. The third kappa shape index (κ3) is 3.99. The average Bonchev–Trinajstić information content (AvgIpc) is 2.99. The van der Waals surface area contributed by atoms with Gasteiger partial charge in [-0.1, -0.05) is 18.5 Å². The van der Waals surface area contributed by atoms with Crippen LogP contribution in [0, 0.1) is 0 Å². The van der Waals surface area contributed by atoms with E-state index >= 15 is 0 Å². The normalized spacial score (nSPS) is 12.1. The van der Waals surface area contributed by atoms with E-state index in [0.29, 0.717) is 22.8 Å². The number of tetrazole rings is 1. The number of halogens is 1. The SMILES string of the molecule is CCN[C@H](C)CNC(=O)c1cc(Cl)ccc1-n1cnnn1. The van der Waals surface area contributed by atoms with Gasteiger partial charge in [0.25, 0.3) is 5.91 Å². The Hall–Kier alpha value is -1.99. The molecule has 2 N–H and O–H groups in total. The molecular weight excluding hydrogens is 292 g/mol. The molecule has 0 saturated carbocycles. The van der Waals surface area contributed by atoms with E-state index in [9.17, 15) is 4.79 Å². The minimum absolute atomic E-state index is 0.189. The number of nitrogens with one attached hydrogen (secondary N) is 2. The van der Waals surface area contributed by atoms with Crippen LogP contribution >= 0.6 is 11.6 Å². The van der Waals surface area contributed by atoms with E-state index in [-0.39, 0.29) is 11.9 Å². The summed E-state index contributed by atoms with van der Waals surface area (Å²) in [6.45, 7) is 5.40. The summed E-state index contributed by atoms with van der Waals surface area (Å²) in [4.78, 5) is 12.3. The first-order valence-corrected chi connectivity index (χ1v) is 7.04. The number of carbonyl (C=O) groups excluding carboxylic acids is 1. The molecule has 8 heteroatoms. The first kappa shape index (κ1) is 15.4. The zero-order chi connectivity index (χ0) is 15.2. The van der Waals surface area contributed by atoms with Gasteiger partial charge in [0.1, 0.15) is 6.33 Å². The van der Waals surface area contributed by atoms with Crippen LogP contribution in [-0.4, -0.2) is 45.2 Å². The molecule has 0 fully saturated rings. The van der Waals surface area contributed by atoms with Gasteiger partial charge in [-0.05, 0) is 42.1 Å². The lowest BCUT2D eigenvalue weighted by atomic mass is 10.1. The molecule has 0 bridgehead atoms. The van der Waals surface area contributed by atoms with Gasteiger partial charge in [-0.2, -0.15) is 4.68 Å². The number of aromatic nitrogens is 4. The number of amides is 1. The van der Waals surface area contributed by atoms with Crippen molar-refractivity contribution in [2.24, 2.45) is 0 Å². The van der Waals surface area contributed by atoms with E-state index in [0.717, 1.165) is 6.54 Å². The van der Waals surface area contributed by atoms with Gasteiger partial charge in [0.05, 0.1) is 11.3 Å². The minimum atomic E-state index is -0.215. The zero-order valence-electron chi connectivity index (χ0n) is 11.9. The van der Waals surface area contributed by atoms with Crippen molar-refractivity contribution in [3.05, 3.63) is 35.1 Å². The van der Waals surface area contributed by atoms with Gasteiger partial charge in [-0.3, -0.25) is 4.79 Å². The molecule has 1 aromatic heterocycles. The van der Waals surface area contributed by atoms with Crippen molar-refractivity contribution >= 4 is 17.5 Å². The van der Waals surface area contributed by atoms with Crippen LogP contribution in [0.25, 0.3) is 5.69 Å². The van der Waals surface area contributed by atoms with Crippen LogP contribution in [-0.2, 0) is 0 Å². The van der Waals surface area contributed by atoms with Crippen molar-refractivity contribution in [2.75, 3.05) is 13.1 Å². The van der Waals surface area contributed by atoms with Crippen molar-refractivity contribution in [1.82, 2.24) is 30.8 Å². The molecule has 21 heavy (non-hydrogen) atoms. The Morgan fingerprint density at radius 2 is 2.29 bits per heavy atom. The second-order valence-electron chi connectivity index (χ2n) is 4.58. The summed E-state index contributed by atoms with van der Waals surface area (Å²) >= 11 is 5.98. The maximum atomic E-state index is 12.3. The molecule has 0 aliphatic carbocycles. The zero-order valence-corrected chi connectivity index (χ0v) is 12.6. The molecule has 1 atom stereocenters. The number of likely N-dealkylation sites (N-methyl/N-ethyl adjacent to an activating group) is 1. The molecule has 0 saturated heterocycles. The molecule has 1 amide bonds. The molecule has 2 rings (SSSR count). The van der Waals surface area contributed by atoms with Crippen LogP contribution in [0.2, 0.25) is 5.02 Å². The maximum absolute atomic E-state index is 12.3. The Bertz CT molecular complexity index is 601. The number of benzene rings is 1. The van der Waals surface area contributed by atoms with E-state index in [1.807, 2.05) is 13.8 Å². The number of carbonyl (C=O) groups is 1. The van der Waals surface area contributed by atoms with Gasteiger partial charge >= 0.3 is 0 Å². The molecule has 112 valence electrons. The van der Waals surface area contributed by atoms with Crippen LogP contribution in [0.4, 0.5) is 0 Å². The smallest absolute Gasteiger partial charge is 0.253 e. The molecule has 0 aliphatic rings. The fraction of sp³-hybridized carbons (Fsp3) is 0.385. The average molecular weight is 309 g/mol. The Morgan fingerprint density at radius 3 is 2.95 bits per heavy atom. The van der Waals surface area contributed by atoms with E-state index in [4.69, 9.17) is 11.6 Å². The minimum Gasteiger partial charge on any atom is -0.350 e. The lowest BCUT2D eigenvalue weighted by Gasteiger charge is -2.14. The Kier molecular flexibility index (Phi) is 5.24. The summed E-state index contributed by atoms with van der Waals surface area (Å²) in [6, 6.07) is 5.19. The third-order valence-electron chi connectivity index (χ3n) is 2.92. The van der Waals surface area contributed by atoms with Gasteiger partial charge in [-0.15, -0.1) is 5.10 Å². The number of hydrogen-bond donors (Lipinski definition) is 2. The Labute approximate surface area is 127 Å². The fourth-order valence-corrected chi connectivity index (χ4v) is 2.10. The predicted molar refractivity (Wildman–Crippen MR) is 79.6 cm³/mol. The molecule has 1 heterocycles. The van der Waals surface area contributed by atoms with Crippen molar-refractivity contribution in [2.45, 2.75) is 19.9 Å². The molecule has 7 nitrogen and oxygen atoms in total. The van der Waals surface area contributed by atoms with Crippen LogP contribution in [0.5, 0.6) is 0 Å². The summed E-state index contributed by atoms with van der Waals surface area (Å²) < 4.78 is 1.43. The van der Waals surface area contributed by atoms with Crippen molar-refractivity contribution < 1.29 is 4.79 Å². The first-order valence-electron chi connectivity index (χ1n) is 6.66. The van der Waals surface area contributed by atoms with Crippen LogP contribution < -0.4 is 10.6 Å². The highest BCUT2D eigenvalue weighted by Gasteiger charge is 2.15. The second kappa shape index (κ2) is 7.14. The number of nitrogens with zero attached hydrogens (tertiary/aromatic N) is 4. The van der Waals surface area contributed by atoms with Gasteiger partial charge in [0.15, 0.2) is 0 Å². The molecule has 0 radical (unpaired) electrons. The van der Waals surface area contributed by atoms with E-state index < -0.39 is 0 Å². The maximum Gasteiger partial charge on any atom is 0.253 e. The summed E-state index contributed by atoms with van der Waals surface area (Å²) in [6.07, 6.45) is 1.43. The molecule has 0 unspecified atom stereocenters. The van der Waals surface area contributed by atoms with Gasteiger partial charge < -0.3 is 10.6 Å². The van der Waals surface area contributed by atoms with Crippen LogP contribution in [0.1, 0.15) is 24.2 Å². The predicted octanol–water partition coefficient (Wildman–Crippen LogP) is 1.04. The lowest BCUT2D eigenvalue weighted by Crippen LogP contribution is -2.39. The fourth-order valence-electron chi connectivity index (χ4n) is 1.92. The van der Waals surface area contributed by atoms with E-state index in [1.165, 1.54) is 11.0 Å². The molecular formula is C13H17ClN6O. The van der Waals surface area contributed by atoms with Crippen molar-refractivity contribution in [3.63, 3.8) is 0 Å². The monoisotopic (exact) mass is 308 g/mol. The van der Waals surface area contributed by atoms with Crippen LogP contribution in [0.15, 0.2) is 24.5 Å². The Morgan fingerprint density at radius 1 is 1.48 bits per heavy atom. The molecule has 2 aromatic rings. The standard InChI is InChI=1S/C13H17ClN6O/c1-3-15-9(2)7-16-13(21)11-6-10(14)4-5-12(11)20-8-17-18-19-20/h4-6,8-9,15H,3,7H2,1-2H3,(H,16,21)/t9-/m1/s1. The van der Waals surface area contributed by atoms with Crippen molar-refractivity contribution in [3.8, 4) is 5.69 Å². The van der Waals surface area contributed by atoms with Gasteiger partial charge in [0, 0.05) is 17.6 Å². The van der Waals surface area contributed by atoms with Crippen LogP contribution in [0.3, 0.4) is 0 Å². The highest BCUT2D eigenvalue weighted by Crippen LogP contribution is 2.18.